The van der Waals surface area contributed by atoms with E-state index in [9.17, 15) is 4.79 Å². The van der Waals surface area contributed by atoms with Crippen LogP contribution < -0.4 is 10.1 Å². The normalized spacial score (nSPS) is 10.7. The molecular formula is C17H16ClN3O2S. The van der Waals surface area contributed by atoms with E-state index in [2.05, 4.69) is 10.3 Å². The number of anilines is 1. The predicted molar refractivity (Wildman–Crippen MR) is 96.9 cm³/mol. The van der Waals surface area contributed by atoms with Crippen LogP contribution in [-0.4, -0.2) is 22.6 Å². The van der Waals surface area contributed by atoms with E-state index in [-0.39, 0.29) is 5.91 Å². The fraction of sp³-hybridized carbons (Fsp3) is 0.176. The second kappa shape index (κ2) is 6.67. The van der Waals surface area contributed by atoms with E-state index >= 15 is 0 Å². The third-order valence-electron chi connectivity index (χ3n) is 3.70. The van der Waals surface area contributed by atoms with Crippen molar-refractivity contribution in [1.29, 1.82) is 0 Å². The summed E-state index contributed by atoms with van der Waals surface area (Å²) >= 11 is 7.63. The van der Waals surface area contributed by atoms with E-state index in [4.69, 9.17) is 16.3 Å². The van der Waals surface area contributed by atoms with Crippen LogP contribution in [0.5, 0.6) is 5.75 Å². The monoisotopic (exact) mass is 361 g/mol. The van der Waals surface area contributed by atoms with Gasteiger partial charge < -0.3 is 10.1 Å². The van der Waals surface area contributed by atoms with Crippen LogP contribution in [0.2, 0.25) is 5.02 Å². The van der Waals surface area contributed by atoms with Gasteiger partial charge in [0.1, 0.15) is 5.75 Å². The molecule has 0 radical (unpaired) electrons. The SMILES string of the molecule is COc1ccc(NC(=O)c2cc(C)n(-c3nccs3)c2C)cc1Cl. The molecule has 1 N–H and O–H groups in total. The van der Waals surface area contributed by atoms with Gasteiger partial charge in [-0.05, 0) is 38.1 Å². The Bertz CT molecular complexity index is 888. The van der Waals surface area contributed by atoms with Gasteiger partial charge in [-0.15, -0.1) is 11.3 Å². The average molecular weight is 362 g/mol. The highest BCUT2D eigenvalue weighted by molar-refractivity contribution is 7.12. The van der Waals surface area contributed by atoms with E-state index in [1.54, 1.807) is 31.5 Å². The maximum Gasteiger partial charge on any atom is 0.257 e. The van der Waals surface area contributed by atoms with Crippen molar-refractivity contribution in [2.24, 2.45) is 0 Å². The highest BCUT2D eigenvalue weighted by atomic mass is 35.5. The smallest absolute Gasteiger partial charge is 0.257 e. The van der Waals surface area contributed by atoms with Crippen LogP contribution in [0.15, 0.2) is 35.8 Å². The van der Waals surface area contributed by atoms with Gasteiger partial charge in [-0.3, -0.25) is 9.36 Å². The van der Waals surface area contributed by atoms with Gasteiger partial charge in [-0.25, -0.2) is 4.98 Å². The van der Waals surface area contributed by atoms with Crippen LogP contribution in [0, 0.1) is 13.8 Å². The number of hydrogen-bond donors (Lipinski definition) is 1. The Balaban J connectivity index is 1.88. The van der Waals surface area contributed by atoms with Crippen molar-refractivity contribution in [3.05, 3.63) is 57.8 Å². The second-order valence-electron chi connectivity index (χ2n) is 5.24. The van der Waals surface area contributed by atoms with Crippen molar-refractivity contribution in [1.82, 2.24) is 9.55 Å². The average Bonchev–Trinajstić information content (AvgIpc) is 3.15. The lowest BCUT2D eigenvalue weighted by Gasteiger charge is -2.09. The minimum absolute atomic E-state index is 0.188. The molecule has 0 bridgehead atoms. The number of aryl methyl sites for hydroxylation is 1. The zero-order chi connectivity index (χ0) is 17.3. The largest absolute Gasteiger partial charge is 0.495 e. The summed E-state index contributed by atoms with van der Waals surface area (Å²) in [5, 5.41) is 6.07. The van der Waals surface area contributed by atoms with Crippen LogP contribution in [0.25, 0.3) is 5.13 Å². The molecule has 0 spiro atoms. The molecule has 0 saturated carbocycles. The summed E-state index contributed by atoms with van der Waals surface area (Å²) in [6.45, 7) is 3.86. The van der Waals surface area contributed by atoms with Crippen LogP contribution in [0.4, 0.5) is 5.69 Å². The maximum absolute atomic E-state index is 12.6. The van der Waals surface area contributed by atoms with Crippen LogP contribution in [-0.2, 0) is 0 Å². The fourth-order valence-electron chi connectivity index (χ4n) is 2.56. The van der Waals surface area contributed by atoms with Gasteiger partial charge in [-0.1, -0.05) is 11.6 Å². The Hall–Kier alpha value is -2.31. The number of amides is 1. The summed E-state index contributed by atoms with van der Waals surface area (Å²) in [6, 6.07) is 6.99. The molecule has 3 rings (SSSR count). The predicted octanol–water partition coefficient (Wildman–Crippen LogP) is 4.46. The fourth-order valence-corrected chi connectivity index (χ4v) is 3.57. The van der Waals surface area contributed by atoms with Crippen molar-refractivity contribution in [3.8, 4) is 10.9 Å². The second-order valence-corrected chi connectivity index (χ2v) is 6.52. The first-order valence-corrected chi connectivity index (χ1v) is 8.50. The number of nitrogens with zero attached hydrogens (tertiary/aromatic N) is 2. The summed E-state index contributed by atoms with van der Waals surface area (Å²) < 4.78 is 7.09. The van der Waals surface area contributed by atoms with E-state index < -0.39 is 0 Å². The number of thiazole rings is 1. The third-order valence-corrected chi connectivity index (χ3v) is 4.75. The zero-order valence-corrected chi connectivity index (χ0v) is 15.0. The molecule has 124 valence electrons. The molecule has 0 unspecified atom stereocenters. The molecule has 3 aromatic rings. The van der Waals surface area contributed by atoms with Crippen molar-refractivity contribution in [3.63, 3.8) is 0 Å². The highest BCUT2D eigenvalue weighted by Crippen LogP contribution is 2.28. The number of hydrogen-bond acceptors (Lipinski definition) is 4. The number of rotatable bonds is 4. The Labute approximate surface area is 148 Å². The van der Waals surface area contributed by atoms with Crippen LogP contribution in [0.3, 0.4) is 0 Å². The Kier molecular flexibility index (Phi) is 4.59. The summed E-state index contributed by atoms with van der Waals surface area (Å²) in [5.74, 6) is 0.378. The molecule has 1 amide bonds. The van der Waals surface area contributed by atoms with Crippen molar-refractivity contribution < 1.29 is 9.53 Å². The first-order valence-electron chi connectivity index (χ1n) is 7.25. The number of aromatic nitrogens is 2. The first-order chi connectivity index (χ1) is 11.5. The highest BCUT2D eigenvalue weighted by Gasteiger charge is 2.18. The number of carbonyl (C=O) groups is 1. The number of halogens is 1. The van der Waals surface area contributed by atoms with Gasteiger partial charge in [0.2, 0.25) is 0 Å². The number of ether oxygens (including phenoxy) is 1. The number of nitrogens with one attached hydrogen (secondary N) is 1. The molecule has 0 aliphatic carbocycles. The van der Waals surface area contributed by atoms with Gasteiger partial charge in [0, 0.05) is 28.7 Å². The summed E-state index contributed by atoms with van der Waals surface area (Å²) in [7, 11) is 1.55. The van der Waals surface area contributed by atoms with E-state index in [0.717, 1.165) is 16.5 Å². The molecule has 0 saturated heterocycles. The van der Waals surface area contributed by atoms with Crippen LogP contribution >= 0.6 is 22.9 Å². The molecule has 1 aromatic carbocycles. The number of methoxy groups -OCH3 is 1. The number of carbonyl (C=O) groups excluding carboxylic acids is 1. The lowest BCUT2D eigenvalue weighted by atomic mass is 10.2. The van der Waals surface area contributed by atoms with Gasteiger partial charge in [0.25, 0.3) is 5.91 Å². The van der Waals surface area contributed by atoms with E-state index in [0.29, 0.717) is 22.0 Å². The van der Waals surface area contributed by atoms with Crippen molar-refractivity contribution in [2.75, 3.05) is 12.4 Å². The van der Waals surface area contributed by atoms with E-state index in [1.165, 1.54) is 11.3 Å². The molecular weight excluding hydrogens is 346 g/mol. The first kappa shape index (κ1) is 16.5. The van der Waals surface area contributed by atoms with Gasteiger partial charge in [-0.2, -0.15) is 0 Å². The molecule has 2 heterocycles. The third kappa shape index (κ3) is 3.02. The summed E-state index contributed by atoms with van der Waals surface area (Å²) in [5.41, 5.74) is 3.03. The minimum atomic E-state index is -0.188. The quantitative estimate of drug-likeness (QED) is 0.746. The Morgan fingerprint density at radius 3 is 2.75 bits per heavy atom. The van der Waals surface area contributed by atoms with E-state index in [1.807, 2.05) is 29.9 Å². The van der Waals surface area contributed by atoms with Gasteiger partial charge in [0.05, 0.1) is 17.7 Å². The summed E-state index contributed by atoms with van der Waals surface area (Å²) in [6.07, 6.45) is 1.75. The lowest BCUT2D eigenvalue weighted by Crippen LogP contribution is -2.13. The molecule has 0 aliphatic rings. The molecule has 2 aromatic heterocycles. The Morgan fingerprint density at radius 2 is 2.12 bits per heavy atom. The van der Waals surface area contributed by atoms with Gasteiger partial charge >= 0.3 is 0 Å². The molecule has 24 heavy (non-hydrogen) atoms. The topological polar surface area (TPSA) is 56.1 Å². The maximum atomic E-state index is 12.6. The van der Waals surface area contributed by atoms with Crippen molar-refractivity contribution >= 4 is 34.5 Å². The summed E-state index contributed by atoms with van der Waals surface area (Å²) in [4.78, 5) is 16.9. The van der Waals surface area contributed by atoms with Crippen LogP contribution in [0.1, 0.15) is 21.7 Å². The Morgan fingerprint density at radius 1 is 1.33 bits per heavy atom. The van der Waals surface area contributed by atoms with Gasteiger partial charge in [0.15, 0.2) is 5.13 Å². The standard InChI is InChI=1S/C17H16ClN3O2S/c1-10-8-13(11(2)21(10)17-19-6-7-24-17)16(22)20-12-4-5-15(23-3)14(18)9-12/h4-9H,1-3H3,(H,20,22). The molecule has 0 atom stereocenters. The molecule has 0 fully saturated rings. The zero-order valence-electron chi connectivity index (χ0n) is 13.5. The molecule has 5 nitrogen and oxygen atoms in total. The lowest BCUT2D eigenvalue weighted by molar-refractivity contribution is 0.102. The number of benzene rings is 1. The minimum Gasteiger partial charge on any atom is -0.495 e. The molecule has 0 aliphatic heterocycles. The molecule has 7 heteroatoms. The van der Waals surface area contributed by atoms with Crippen molar-refractivity contribution in [2.45, 2.75) is 13.8 Å².